The van der Waals surface area contributed by atoms with Gasteiger partial charge in [-0.2, -0.15) is 0 Å². The summed E-state index contributed by atoms with van der Waals surface area (Å²) in [5.74, 6) is 0.0959. The molecule has 11 heteroatoms. The topological polar surface area (TPSA) is 84.3 Å². The van der Waals surface area contributed by atoms with Crippen LogP contribution < -0.4 is 11.0 Å². The maximum Gasteiger partial charge on any atom is 0.269 e. The molecule has 0 aliphatic carbocycles. The molecule has 1 atom stereocenters. The lowest BCUT2D eigenvalue weighted by atomic mass is 10.1. The highest BCUT2D eigenvalue weighted by Crippen LogP contribution is 2.37. The van der Waals surface area contributed by atoms with Gasteiger partial charge in [-0.15, -0.1) is 11.8 Å². The first-order chi connectivity index (χ1) is 20.2. The van der Waals surface area contributed by atoms with Crippen molar-refractivity contribution in [1.29, 1.82) is 0 Å². The summed E-state index contributed by atoms with van der Waals surface area (Å²) in [6.07, 6.45) is 0. The zero-order valence-corrected chi connectivity index (χ0v) is 26.7. The van der Waals surface area contributed by atoms with Crippen LogP contribution in [0.3, 0.4) is 0 Å². The third-order valence-electron chi connectivity index (χ3n) is 6.83. The lowest BCUT2D eigenvalue weighted by Gasteiger charge is -2.24. The fourth-order valence-corrected chi connectivity index (χ4v) is 7.25. The summed E-state index contributed by atoms with van der Waals surface area (Å²) in [7, 11) is 0. The molecule has 1 N–H and O–H groups in total. The lowest BCUT2D eigenvalue weighted by molar-refractivity contribution is -0.130. The highest BCUT2D eigenvalue weighted by Gasteiger charge is 2.34. The Balaban J connectivity index is 1.36. The van der Waals surface area contributed by atoms with E-state index in [4.69, 9.17) is 16.6 Å². The zero-order valence-electron chi connectivity index (χ0n) is 22.0. The van der Waals surface area contributed by atoms with Crippen LogP contribution >= 0.6 is 55.2 Å². The molecule has 1 fully saturated rings. The van der Waals surface area contributed by atoms with Crippen molar-refractivity contribution in [3.63, 3.8) is 0 Å². The van der Waals surface area contributed by atoms with E-state index in [2.05, 4.69) is 37.3 Å². The van der Waals surface area contributed by atoms with Crippen LogP contribution in [0.1, 0.15) is 26.9 Å². The molecule has 4 aromatic carbocycles. The highest BCUT2D eigenvalue weighted by atomic mass is 79.9. The molecule has 1 aliphatic rings. The van der Waals surface area contributed by atoms with Crippen molar-refractivity contribution < 1.29 is 9.59 Å². The second-order valence-electron chi connectivity index (χ2n) is 9.69. The molecule has 1 unspecified atom stereocenters. The quantitative estimate of drug-likeness (QED) is 0.204. The standard InChI is InChI=1S/C31H21Br2ClN4O3S/c1-17-2-4-20(5-3-17)31-38(26(39)16-42-31)36-29(40)19-8-12-23(13-9-19)37-28(18-6-10-22(34)11-7-18)35-27-24(30(37)41)14-21(32)15-25(27)33/h2-15,31H,16H2,1H3,(H,36,40). The molecule has 6 rings (SSSR count). The SMILES string of the molecule is Cc1ccc(C2SCC(=O)N2NC(=O)c2ccc(-n3c(-c4ccc(Cl)cc4)nc4c(Br)cc(Br)cc4c3=O)cc2)cc1. The van der Waals surface area contributed by atoms with E-state index in [1.807, 2.05) is 37.3 Å². The van der Waals surface area contributed by atoms with Crippen LogP contribution in [0.25, 0.3) is 28.0 Å². The highest BCUT2D eigenvalue weighted by molar-refractivity contribution is 9.11. The minimum Gasteiger partial charge on any atom is -0.272 e. The van der Waals surface area contributed by atoms with Crippen molar-refractivity contribution in [2.45, 2.75) is 12.3 Å². The number of hydrogen-bond donors (Lipinski definition) is 1. The Kier molecular flexibility index (Phi) is 7.97. The molecular weight excluding hydrogens is 704 g/mol. The van der Waals surface area contributed by atoms with Crippen molar-refractivity contribution in [1.82, 2.24) is 20.0 Å². The fraction of sp³-hybridized carbons (Fsp3) is 0.0968. The van der Waals surface area contributed by atoms with E-state index in [0.717, 1.165) is 15.6 Å². The van der Waals surface area contributed by atoms with Crippen LogP contribution in [0.5, 0.6) is 0 Å². The number of carbonyl (C=O) groups is 2. The van der Waals surface area contributed by atoms with Gasteiger partial charge in [0.05, 0.1) is 22.3 Å². The Labute approximate surface area is 267 Å². The normalized spacial score (nSPS) is 14.9. The van der Waals surface area contributed by atoms with Crippen LogP contribution in [0, 0.1) is 6.92 Å². The molecule has 1 aromatic heterocycles. The fourth-order valence-electron chi connectivity index (χ4n) is 4.71. The van der Waals surface area contributed by atoms with Gasteiger partial charge in [-0.3, -0.25) is 24.4 Å². The predicted octanol–water partition coefficient (Wildman–Crippen LogP) is 7.46. The van der Waals surface area contributed by atoms with Crippen molar-refractivity contribution in [3.05, 3.63) is 126 Å². The van der Waals surface area contributed by atoms with Gasteiger partial charge in [-0.25, -0.2) is 9.99 Å². The Morgan fingerprint density at radius 2 is 1.67 bits per heavy atom. The van der Waals surface area contributed by atoms with Crippen LogP contribution in [0.15, 0.2) is 98.7 Å². The maximum atomic E-state index is 13.9. The first kappa shape index (κ1) is 28.7. The Bertz CT molecular complexity index is 1910. The average molecular weight is 725 g/mol. The number of nitrogens with one attached hydrogen (secondary N) is 1. The molecule has 0 radical (unpaired) electrons. The number of carbonyl (C=O) groups excluding carboxylic acids is 2. The predicted molar refractivity (Wildman–Crippen MR) is 174 cm³/mol. The number of nitrogens with zero attached hydrogens (tertiary/aromatic N) is 3. The third kappa shape index (κ3) is 5.51. The van der Waals surface area contributed by atoms with Gasteiger partial charge in [-0.1, -0.05) is 57.4 Å². The molecule has 0 saturated carbocycles. The van der Waals surface area contributed by atoms with Gasteiger partial charge >= 0.3 is 0 Å². The van der Waals surface area contributed by atoms with Crippen molar-refractivity contribution in [2.24, 2.45) is 0 Å². The van der Waals surface area contributed by atoms with Gasteiger partial charge < -0.3 is 0 Å². The molecule has 1 aliphatic heterocycles. The van der Waals surface area contributed by atoms with Gasteiger partial charge in [0.2, 0.25) is 0 Å². The van der Waals surface area contributed by atoms with Gasteiger partial charge in [0, 0.05) is 25.1 Å². The second-order valence-corrected chi connectivity index (χ2v) is 13.0. The number of aromatic nitrogens is 2. The average Bonchev–Trinajstić information content (AvgIpc) is 3.34. The minimum atomic E-state index is -0.427. The lowest BCUT2D eigenvalue weighted by Crippen LogP contribution is -2.44. The number of halogens is 3. The molecule has 7 nitrogen and oxygen atoms in total. The Morgan fingerprint density at radius 1 is 0.976 bits per heavy atom. The maximum absolute atomic E-state index is 13.9. The minimum absolute atomic E-state index is 0.172. The molecule has 0 bridgehead atoms. The molecule has 42 heavy (non-hydrogen) atoms. The summed E-state index contributed by atoms with van der Waals surface area (Å²) < 4.78 is 2.93. The number of thioether (sulfide) groups is 1. The van der Waals surface area contributed by atoms with E-state index < -0.39 is 5.91 Å². The van der Waals surface area contributed by atoms with E-state index in [0.29, 0.717) is 43.0 Å². The first-order valence-corrected chi connectivity index (χ1v) is 15.8. The number of fused-ring (bicyclic) bond motifs is 1. The van der Waals surface area contributed by atoms with Crippen molar-refractivity contribution in [2.75, 3.05) is 5.75 Å². The van der Waals surface area contributed by atoms with Crippen LogP contribution in [0.4, 0.5) is 0 Å². The number of amides is 2. The third-order valence-corrected chi connectivity index (χ3v) is 9.36. The number of hydrazine groups is 1. The van der Waals surface area contributed by atoms with Crippen molar-refractivity contribution in [3.8, 4) is 17.1 Å². The van der Waals surface area contributed by atoms with E-state index in [1.165, 1.54) is 21.3 Å². The van der Waals surface area contributed by atoms with Gasteiger partial charge in [0.25, 0.3) is 17.4 Å². The summed E-state index contributed by atoms with van der Waals surface area (Å²) >= 11 is 14.6. The molecule has 2 heterocycles. The summed E-state index contributed by atoms with van der Waals surface area (Å²) in [5.41, 5.74) is 6.64. The van der Waals surface area contributed by atoms with Gasteiger partial charge in [-0.05, 0) is 89.1 Å². The van der Waals surface area contributed by atoms with E-state index in [1.54, 1.807) is 54.6 Å². The zero-order chi connectivity index (χ0) is 29.5. The van der Waals surface area contributed by atoms with E-state index in [9.17, 15) is 14.4 Å². The Morgan fingerprint density at radius 3 is 2.36 bits per heavy atom. The second kappa shape index (κ2) is 11.7. The van der Waals surface area contributed by atoms with Gasteiger partial charge in [0.15, 0.2) is 0 Å². The number of rotatable bonds is 5. The summed E-state index contributed by atoms with van der Waals surface area (Å²) in [6.45, 7) is 2.00. The molecule has 0 spiro atoms. The monoisotopic (exact) mass is 722 g/mol. The van der Waals surface area contributed by atoms with Crippen LogP contribution in [0.2, 0.25) is 5.02 Å². The molecule has 2 amide bonds. The number of aryl methyl sites for hydroxylation is 1. The molecular formula is C31H21Br2ClN4O3S. The van der Waals surface area contributed by atoms with Crippen molar-refractivity contribution >= 4 is 77.9 Å². The Hall–Kier alpha value is -3.44. The molecule has 1 saturated heterocycles. The van der Waals surface area contributed by atoms with Crippen LogP contribution in [-0.2, 0) is 4.79 Å². The smallest absolute Gasteiger partial charge is 0.269 e. The first-order valence-electron chi connectivity index (χ1n) is 12.8. The number of benzene rings is 4. The van der Waals surface area contributed by atoms with Gasteiger partial charge in [0.1, 0.15) is 11.2 Å². The van der Waals surface area contributed by atoms with Crippen LogP contribution in [-0.4, -0.2) is 32.1 Å². The molecule has 5 aromatic rings. The summed E-state index contributed by atoms with van der Waals surface area (Å²) in [4.78, 5) is 44.6. The summed E-state index contributed by atoms with van der Waals surface area (Å²) in [5, 5.41) is 2.05. The molecule has 210 valence electrons. The number of hydrogen-bond acceptors (Lipinski definition) is 5. The largest absolute Gasteiger partial charge is 0.272 e. The van der Waals surface area contributed by atoms with E-state index >= 15 is 0 Å². The summed E-state index contributed by atoms with van der Waals surface area (Å²) in [6, 6.07) is 25.2. The van der Waals surface area contributed by atoms with E-state index in [-0.39, 0.29) is 22.6 Å².